The van der Waals surface area contributed by atoms with Crippen LogP contribution < -0.4 is 10.2 Å². The number of ether oxygens (including phenoxy) is 1. The summed E-state index contributed by atoms with van der Waals surface area (Å²) in [5.74, 6) is -0.728. The monoisotopic (exact) mass is 370 g/mol. The SMILES string of the molecule is CN1C(=O)[C@@](F)([C@@H](NC(=O)OC(C)(C)C)c2ccccc2)c2ccccc21. The van der Waals surface area contributed by atoms with Crippen LogP contribution in [0.15, 0.2) is 54.6 Å². The molecule has 0 bridgehead atoms. The number of anilines is 1. The maximum atomic E-state index is 16.4. The quantitative estimate of drug-likeness (QED) is 0.885. The number of alkyl halides is 1. The summed E-state index contributed by atoms with van der Waals surface area (Å²) in [5, 5.41) is 2.58. The summed E-state index contributed by atoms with van der Waals surface area (Å²) in [4.78, 5) is 26.6. The zero-order chi connectivity index (χ0) is 19.8. The first-order valence-electron chi connectivity index (χ1n) is 8.75. The molecule has 1 heterocycles. The number of alkyl carbamates (subject to hydrolysis) is 1. The minimum Gasteiger partial charge on any atom is -0.444 e. The fourth-order valence-corrected chi connectivity index (χ4v) is 3.30. The number of para-hydroxylation sites is 1. The molecule has 27 heavy (non-hydrogen) atoms. The highest BCUT2D eigenvalue weighted by molar-refractivity contribution is 6.07. The number of hydrogen-bond acceptors (Lipinski definition) is 3. The number of hydrogen-bond donors (Lipinski definition) is 1. The van der Waals surface area contributed by atoms with E-state index in [1.54, 1.807) is 75.4 Å². The van der Waals surface area contributed by atoms with Gasteiger partial charge in [-0.3, -0.25) is 4.79 Å². The Morgan fingerprint density at radius 2 is 1.70 bits per heavy atom. The van der Waals surface area contributed by atoms with Crippen LogP contribution in [-0.4, -0.2) is 24.6 Å². The number of halogens is 1. The second-order valence-electron chi connectivity index (χ2n) is 7.58. The number of likely N-dealkylation sites (N-methyl/N-ethyl adjacent to an activating group) is 1. The van der Waals surface area contributed by atoms with Crippen molar-refractivity contribution in [1.82, 2.24) is 5.32 Å². The molecule has 0 aliphatic carbocycles. The third-order valence-corrected chi connectivity index (χ3v) is 4.47. The molecule has 0 aromatic heterocycles. The molecule has 2 atom stereocenters. The predicted octanol–water partition coefficient (Wildman–Crippen LogP) is 4.09. The fraction of sp³-hybridized carbons (Fsp3) is 0.333. The van der Waals surface area contributed by atoms with Crippen molar-refractivity contribution in [3.05, 3.63) is 65.7 Å². The van der Waals surface area contributed by atoms with E-state index in [4.69, 9.17) is 4.74 Å². The molecule has 5 nitrogen and oxygen atoms in total. The van der Waals surface area contributed by atoms with E-state index in [1.807, 2.05) is 0 Å². The molecule has 1 N–H and O–H groups in total. The van der Waals surface area contributed by atoms with Crippen LogP contribution in [0, 0.1) is 0 Å². The standard InChI is InChI=1S/C21H23FN2O3/c1-20(2,3)27-19(26)23-17(14-10-6-5-7-11-14)21(22)15-12-8-9-13-16(15)24(4)18(21)25/h5-13,17H,1-4H3,(H,23,26)/t17-,21-/m0/s1. The fourth-order valence-electron chi connectivity index (χ4n) is 3.30. The van der Waals surface area contributed by atoms with Crippen LogP contribution >= 0.6 is 0 Å². The zero-order valence-corrected chi connectivity index (χ0v) is 15.8. The van der Waals surface area contributed by atoms with Gasteiger partial charge in [0.1, 0.15) is 11.6 Å². The Morgan fingerprint density at radius 3 is 2.33 bits per heavy atom. The van der Waals surface area contributed by atoms with Gasteiger partial charge in [0.15, 0.2) is 0 Å². The van der Waals surface area contributed by atoms with Crippen LogP contribution in [0.1, 0.15) is 37.9 Å². The smallest absolute Gasteiger partial charge is 0.408 e. The van der Waals surface area contributed by atoms with Crippen molar-refractivity contribution < 1.29 is 18.7 Å². The van der Waals surface area contributed by atoms with Gasteiger partial charge in [-0.1, -0.05) is 48.5 Å². The predicted molar refractivity (Wildman–Crippen MR) is 101 cm³/mol. The maximum absolute atomic E-state index is 16.4. The van der Waals surface area contributed by atoms with E-state index in [0.717, 1.165) is 0 Å². The van der Waals surface area contributed by atoms with Crippen LogP contribution in [0.3, 0.4) is 0 Å². The molecule has 1 aliphatic rings. The van der Waals surface area contributed by atoms with Gasteiger partial charge in [-0.2, -0.15) is 0 Å². The molecule has 0 spiro atoms. The highest BCUT2D eigenvalue weighted by atomic mass is 19.1. The first kappa shape index (κ1) is 18.9. The van der Waals surface area contributed by atoms with Crippen molar-refractivity contribution >= 4 is 17.7 Å². The average molecular weight is 370 g/mol. The van der Waals surface area contributed by atoms with Gasteiger partial charge in [-0.15, -0.1) is 0 Å². The van der Waals surface area contributed by atoms with Crippen molar-refractivity contribution in [3.8, 4) is 0 Å². The topological polar surface area (TPSA) is 58.6 Å². The van der Waals surface area contributed by atoms with Gasteiger partial charge in [-0.05, 0) is 32.4 Å². The van der Waals surface area contributed by atoms with E-state index in [-0.39, 0.29) is 5.56 Å². The van der Waals surface area contributed by atoms with Crippen molar-refractivity contribution in [2.75, 3.05) is 11.9 Å². The summed E-state index contributed by atoms with van der Waals surface area (Å²) in [6.07, 6.45) is -0.784. The van der Waals surface area contributed by atoms with Gasteiger partial charge < -0.3 is 15.0 Å². The molecule has 142 valence electrons. The number of amides is 2. The molecule has 1 aliphatic heterocycles. The molecular weight excluding hydrogens is 347 g/mol. The molecular formula is C21H23FN2O3. The minimum absolute atomic E-state index is 0.224. The first-order chi connectivity index (χ1) is 12.6. The minimum atomic E-state index is -2.44. The van der Waals surface area contributed by atoms with Crippen molar-refractivity contribution in [1.29, 1.82) is 0 Å². The second-order valence-corrected chi connectivity index (χ2v) is 7.58. The molecule has 2 amide bonds. The van der Waals surface area contributed by atoms with Crippen LogP contribution in [-0.2, 0) is 15.2 Å². The Bertz CT molecular complexity index is 863. The molecule has 0 fully saturated rings. The number of carbonyl (C=O) groups is 2. The summed E-state index contributed by atoms with van der Waals surface area (Å²) in [6, 6.07) is 14.1. The summed E-state index contributed by atoms with van der Waals surface area (Å²) in [6.45, 7) is 5.16. The lowest BCUT2D eigenvalue weighted by atomic mass is 9.85. The van der Waals surface area contributed by atoms with Gasteiger partial charge in [-0.25, -0.2) is 9.18 Å². The molecule has 0 saturated heterocycles. The normalized spacial score (nSPS) is 20.2. The Hall–Kier alpha value is -2.89. The molecule has 3 rings (SSSR count). The van der Waals surface area contributed by atoms with E-state index < -0.39 is 29.3 Å². The van der Waals surface area contributed by atoms with Crippen LogP contribution in [0.2, 0.25) is 0 Å². The van der Waals surface area contributed by atoms with E-state index in [2.05, 4.69) is 5.32 Å². The van der Waals surface area contributed by atoms with Crippen LogP contribution in [0.25, 0.3) is 0 Å². The number of nitrogens with one attached hydrogen (secondary N) is 1. The maximum Gasteiger partial charge on any atom is 0.408 e. The van der Waals surface area contributed by atoms with Crippen molar-refractivity contribution in [3.63, 3.8) is 0 Å². The number of fused-ring (bicyclic) bond motifs is 1. The third-order valence-electron chi connectivity index (χ3n) is 4.47. The molecule has 6 heteroatoms. The number of nitrogens with zero attached hydrogens (tertiary/aromatic N) is 1. The van der Waals surface area contributed by atoms with Crippen molar-refractivity contribution in [2.24, 2.45) is 0 Å². The molecule has 0 unspecified atom stereocenters. The van der Waals surface area contributed by atoms with Gasteiger partial charge in [0.05, 0.1) is 5.69 Å². The lowest BCUT2D eigenvalue weighted by Crippen LogP contribution is -2.48. The van der Waals surface area contributed by atoms with E-state index in [1.165, 1.54) is 11.9 Å². The van der Waals surface area contributed by atoms with E-state index in [9.17, 15) is 9.59 Å². The first-order valence-corrected chi connectivity index (χ1v) is 8.75. The molecule has 0 radical (unpaired) electrons. The Morgan fingerprint density at radius 1 is 1.11 bits per heavy atom. The van der Waals surface area contributed by atoms with Crippen molar-refractivity contribution in [2.45, 2.75) is 38.1 Å². The van der Waals surface area contributed by atoms with Gasteiger partial charge in [0.2, 0.25) is 5.67 Å². The lowest BCUT2D eigenvalue weighted by molar-refractivity contribution is -0.131. The highest BCUT2D eigenvalue weighted by Gasteiger charge is 2.57. The van der Waals surface area contributed by atoms with Gasteiger partial charge >= 0.3 is 6.09 Å². The zero-order valence-electron chi connectivity index (χ0n) is 15.8. The Labute approximate surface area is 158 Å². The van der Waals surface area contributed by atoms with Gasteiger partial charge in [0.25, 0.3) is 5.91 Å². The summed E-state index contributed by atoms with van der Waals surface area (Å²) in [7, 11) is 1.53. The van der Waals surface area contributed by atoms with Gasteiger partial charge in [0, 0.05) is 12.6 Å². The summed E-state index contributed by atoms with van der Waals surface area (Å²) >= 11 is 0. The number of benzene rings is 2. The number of carbonyl (C=O) groups excluding carboxylic acids is 2. The third kappa shape index (κ3) is 3.39. The van der Waals surface area contributed by atoms with Crippen LogP contribution in [0.5, 0.6) is 0 Å². The molecule has 2 aromatic carbocycles. The Balaban J connectivity index is 2.08. The van der Waals surface area contributed by atoms with Crippen LogP contribution in [0.4, 0.5) is 14.9 Å². The lowest BCUT2D eigenvalue weighted by Gasteiger charge is -2.31. The second kappa shape index (κ2) is 6.68. The average Bonchev–Trinajstić information content (AvgIpc) is 2.82. The highest BCUT2D eigenvalue weighted by Crippen LogP contribution is 2.49. The Kier molecular flexibility index (Phi) is 4.68. The van der Waals surface area contributed by atoms with E-state index in [0.29, 0.717) is 11.3 Å². The molecule has 2 aromatic rings. The summed E-state index contributed by atoms with van der Waals surface area (Å²) in [5.41, 5.74) is -2.00. The largest absolute Gasteiger partial charge is 0.444 e. The molecule has 0 saturated carbocycles. The number of rotatable bonds is 3. The summed E-state index contributed by atoms with van der Waals surface area (Å²) < 4.78 is 21.7. The van der Waals surface area contributed by atoms with E-state index >= 15 is 4.39 Å².